The first-order valence-electron chi connectivity index (χ1n) is 6.81. The van der Waals surface area contributed by atoms with Crippen molar-refractivity contribution in [3.8, 4) is 0 Å². The predicted molar refractivity (Wildman–Crippen MR) is 80.1 cm³/mol. The van der Waals surface area contributed by atoms with E-state index in [1.165, 1.54) is 6.07 Å². The normalized spacial score (nSPS) is 10.5. The van der Waals surface area contributed by atoms with Crippen molar-refractivity contribution in [2.75, 3.05) is 13.1 Å². The summed E-state index contributed by atoms with van der Waals surface area (Å²) in [6.45, 7) is 5.68. The van der Waals surface area contributed by atoms with Gasteiger partial charge in [-0.2, -0.15) is 0 Å². The van der Waals surface area contributed by atoms with Crippen LogP contribution in [0.4, 0.5) is 5.69 Å². The van der Waals surface area contributed by atoms with Gasteiger partial charge < -0.3 is 5.11 Å². The van der Waals surface area contributed by atoms with Gasteiger partial charge in [0.25, 0.3) is 5.69 Å². The number of carboxylic acid groups (broad SMARTS) is 1. The topological polar surface area (TPSA) is 83.7 Å². The van der Waals surface area contributed by atoms with Gasteiger partial charge in [-0.1, -0.05) is 18.2 Å². The van der Waals surface area contributed by atoms with Gasteiger partial charge in [-0.15, -0.1) is 6.58 Å². The van der Waals surface area contributed by atoms with Gasteiger partial charge in [0, 0.05) is 31.6 Å². The third-order valence-corrected chi connectivity index (χ3v) is 3.03. The van der Waals surface area contributed by atoms with E-state index in [4.69, 9.17) is 5.11 Å². The molecule has 1 rings (SSSR count). The number of hydrogen-bond donors (Lipinski definition) is 1. The summed E-state index contributed by atoms with van der Waals surface area (Å²) in [7, 11) is 0. The molecule has 0 aliphatic heterocycles. The van der Waals surface area contributed by atoms with Crippen molar-refractivity contribution in [2.24, 2.45) is 0 Å². The van der Waals surface area contributed by atoms with Crippen LogP contribution in [0.2, 0.25) is 0 Å². The van der Waals surface area contributed by atoms with E-state index in [1.807, 2.05) is 6.07 Å². The minimum Gasteiger partial charge on any atom is -0.481 e. The molecule has 0 fully saturated rings. The van der Waals surface area contributed by atoms with Crippen molar-refractivity contribution in [2.45, 2.75) is 25.8 Å². The number of nitro benzene ring substituents is 1. The number of non-ortho nitro benzene ring substituents is 1. The summed E-state index contributed by atoms with van der Waals surface area (Å²) in [5.74, 6) is -0.788. The van der Waals surface area contributed by atoms with E-state index < -0.39 is 10.9 Å². The fourth-order valence-electron chi connectivity index (χ4n) is 2.06. The first-order chi connectivity index (χ1) is 10.0. The van der Waals surface area contributed by atoms with Crippen LogP contribution in [0, 0.1) is 10.1 Å². The molecule has 1 aromatic rings. The number of aliphatic carboxylic acids is 1. The quantitative estimate of drug-likeness (QED) is 0.310. The Hall–Kier alpha value is -2.21. The third-order valence-electron chi connectivity index (χ3n) is 3.03. The molecule has 21 heavy (non-hydrogen) atoms. The highest BCUT2D eigenvalue weighted by Gasteiger charge is 2.09. The molecule has 0 unspecified atom stereocenters. The molecule has 0 atom stereocenters. The Morgan fingerprint density at radius 1 is 1.43 bits per heavy atom. The van der Waals surface area contributed by atoms with E-state index in [9.17, 15) is 14.9 Å². The minimum absolute atomic E-state index is 0.0805. The Morgan fingerprint density at radius 2 is 2.19 bits per heavy atom. The maximum Gasteiger partial charge on any atom is 0.303 e. The Morgan fingerprint density at radius 3 is 2.81 bits per heavy atom. The molecule has 0 amide bonds. The van der Waals surface area contributed by atoms with Crippen LogP contribution in [-0.2, 0) is 11.3 Å². The number of nitro groups is 1. The fourth-order valence-corrected chi connectivity index (χ4v) is 2.06. The second kappa shape index (κ2) is 8.86. The Labute approximate surface area is 123 Å². The second-order valence-electron chi connectivity index (χ2n) is 4.80. The molecule has 1 N–H and O–H groups in total. The lowest BCUT2D eigenvalue weighted by atomic mass is 10.1. The minimum atomic E-state index is -0.788. The largest absolute Gasteiger partial charge is 0.481 e. The maximum atomic E-state index is 10.8. The van der Waals surface area contributed by atoms with Crippen molar-refractivity contribution in [3.05, 3.63) is 52.6 Å². The van der Waals surface area contributed by atoms with Crippen LogP contribution in [0.15, 0.2) is 36.9 Å². The smallest absolute Gasteiger partial charge is 0.303 e. The number of unbranched alkanes of at least 4 members (excludes halogenated alkanes) is 1. The van der Waals surface area contributed by atoms with Crippen LogP contribution in [0.3, 0.4) is 0 Å². The lowest BCUT2D eigenvalue weighted by Gasteiger charge is -2.20. The highest BCUT2D eigenvalue weighted by atomic mass is 16.6. The number of carboxylic acids is 1. The summed E-state index contributed by atoms with van der Waals surface area (Å²) in [6, 6.07) is 6.55. The molecule has 0 heterocycles. The lowest BCUT2D eigenvalue weighted by molar-refractivity contribution is -0.384. The van der Waals surface area contributed by atoms with Gasteiger partial charge in [-0.05, 0) is 24.9 Å². The standard InChI is InChI=1S/C15H20N2O4/c1-2-9-16(10-4-3-8-15(18)19)12-13-6-5-7-14(11-13)17(20)21/h2,5-7,11H,1,3-4,8-10,12H2,(H,18,19). The molecule has 0 aromatic heterocycles. The molecular formula is C15H20N2O4. The molecule has 0 saturated carbocycles. The molecule has 0 aliphatic carbocycles. The van der Waals surface area contributed by atoms with Gasteiger partial charge in [-0.3, -0.25) is 19.8 Å². The predicted octanol–water partition coefficient (Wildman–Crippen LogP) is 2.84. The number of hydrogen-bond acceptors (Lipinski definition) is 4. The fraction of sp³-hybridized carbons (Fsp3) is 0.400. The Bertz CT molecular complexity index is 502. The monoisotopic (exact) mass is 292 g/mol. The van der Waals surface area contributed by atoms with Gasteiger partial charge in [0.2, 0.25) is 0 Å². The van der Waals surface area contributed by atoms with E-state index in [1.54, 1.807) is 18.2 Å². The number of carbonyl (C=O) groups is 1. The first-order valence-corrected chi connectivity index (χ1v) is 6.81. The summed E-state index contributed by atoms with van der Waals surface area (Å²) < 4.78 is 0. The van der Waals surface area contributed by atoms with Crippen LogP contribution < -0.4 is 0 Å². The molecule has 1 aromatic carbocycles. The van der Waals surface area contributed by atoms with Crippen LogP contribution in [0.25, 0.3) is 0 Å². The molecule has 6 nitrogen and oxygen atoms in total. The van der Waals surface area contributed by atoms with Gasteiger partial charge in [0.05, 0.1) is 4.92 Å². The van der Waals surface area contributed by atoms with Crippen molar-refractivity contribution < 1.29 is 14.8 Å². The third kappa shape index (κ3) is 6.67. The molecule has 0 bridgehead atoms. The number of nitrogens with zero attached hydrogens (tertiary/aromatic N) is 2. The second-order valence-corrected chi connectivity index (χ2v) is 4.80. The van der Waals surface area contributed by atoms with Crippen LogP contribution >= 0.6 is 0 Å². The van der Waals surface area contributed by atoms with E-state index in [0.717, 1.165) is 18.5 Å². The zero-order valence-corrected chi connectivity index (χ0v) is 11.9. The first kappa shape index (κ1) is 16.8. The van der Waals surface area contributed by atoms with Gasteiger partial charge >= 0.3 is 5.97 Å². The lowest BCUT2D eigenvalue weighted by Crippen LogP contribution is -2.24. The molecule has 0 aliphatic rings. The average Bonchev–Trinajstić information content (AvgIpc) is 2.43. The summed E-state index contributed by atoms with van der Waals surface area (Å²) in [5.41, 5.74) is 0.946. The van der Waals surface area contributed by atoms with Crippen LogP contribution in [0.5, 0.6) is 0 Å². The SMILES string of the molecule is C=CCN(CCCCC(=O)O)Cc1cccc([N+](=O)[O-])c1. The maximum absolute atomic E-state index is 10.8. The van der Waals surface area contributed by atoms with Crippen molar-refractivity contribution in [3.63, 3.8) is 0 Å². The number of benzene rings is 1. The van der Waals surface area contributed by atoms with Gasteiger partial charge in [-0.25, -0.2) is 0 Å². The average molecular weight is 292 g/mol. The summed E-state index contributed by atoms with van der Waals surface area (Å²) in [4.78, 5) is 22.9. The zero-order valence-electron chi connectivity index (χ0n) is 11.9. The molecule has 0 saturated heterocycles. The Balaban J connectivity index is 2.56. The van der Waals surface area contributed by atoms with Gasteiger partial charge in [0.1, 0.15) is 0 Å². The van der Waals surface area contributed by atoms with Crippen molar-refractivity contribution in [1.29, 1.82) is 0 Å². The molecule has 6 heteroatoms. The van der Waals surface area contributed by atoms with E-state index in [2.05, 4.69) is 11.5 Å². The van der Waals surface area contributed by atoms with E-state index >= 15 is 0 Å². The van der Waals surface area contributed by atoms with Crippen molar-refractivity contribution in [1.82, 2.24) is 4.90 Å². The molecule has 114 valence electrons. The summed E-state index contributed by atoms with van der Waals surface area (Å²) >= 11 is 0. The highest BCUT2D eigenvalue weighted by Crippen LogP contribution is 2.15. The van der Waals surface area contributed by atoms with Gasteiger partial charge in [0.15, 0.2) is 0 Å². The van der Waals surface area contributed by atoms with Crippen molar-refractivity contribution >= 4 is 11.7 Å². The molecule has 0 radical (unpaired) electrons. The van der Waals surface area contributed by atoms with E-state index in [-0.39, 0.29) is 12.1 Å². The highest BCUT2D eigenvalue weighted by molar-refractivity contribution is 5.66. The van der Waals surface area contributed by atoms with Crippen LogP contribution in [0.1, 0.15) is 24.8 Å². The molecular weight excluding hydrogens is 272 g/mol. The molecule has 0 spiro atoms. The number of rotatable bonds is 10. The Kier molecular flexibility index (Phi) is 7.11. The van der Waals surface area contributed by atoms with E-state index in [0.29, 0.717) is 19.5 Å². The summed E-state index contributed by atoms with van der Waals surface area (Å²) in [6.07, 6.45) is 3.33. The zero-order chi connectivity index (χ0) is 15.7. The van der Waals surface area contributed by atoms with Crippen LogP contribution in [-0.4, -0.2) is 34.0 Å². The summed E-state index contributed by atoms with van der Waals surface area (Å²) in [5, 5.41) is 19.4.